The van der Waals surface area contributed by atoms with Gasteiger partial charge >= 0.3 is 0 Å². The molecule has 0 spiro atoms. The summed E-state index contributed by atoms with van der Waals surface area (Å²) in [4.78, 5) is 2.36. The first kappa shape index (κ1) is 16.1. The SMILES string of the molecule is Cc1ccccc1NCc1cccn1-c1nnc(N2CCCCC2)s1. The Labute approximate surface area is 152 Å². The Hall–Kier alpha value is -2.34. The van der Waals surface area contributed by atoms with Crippen LogP contribution in [0.2, 0.25) is 0 Å². The molecule has 0 amide bonds. The van der Waals surface area contributed by atoms with E-state index in [4.69, 9.17) is 0 Å². The molecule has 2 aromatic heterocycles. The quantitative estimate of drug-likeness (QED) is 0.745. The van der Waals surface area contributed by atoms with Crippen molar-refractivity contribution in [2.24, 2.45) is 0 Å². The van der Waals surface area contributed by atoms with Gasteiger partial charge in [0.15, 0.2) is 0 Å². The number of rotatable bonds is 5. The van der Waals surface area contributed by atoms with E-state index in [1.54, 1.807) is 11.3 Å². The Morgan fingerprint density at radius 2 is 1.80 bits per heavy atom. The summed E-state index contributed by atoms with van der Waals surface area (Å²) in [6.45, 7) is 5.08. The molecule has 1 aliphatic heterocycles. The van der Waals surface area contributed by atoms with Gasteiger partial charge < -0.3 is 10.2 Å². The van der Waals surface area contributed by atoms with Gasteiger partial charge in [-0.05, 0) is 49.9 Å². The Kier molecular flexibility index (Phi) is 4.70. The van der Waals surface area contributed by atoms with Crippen LogP contribution < -0.4 is 10.2 Å². The number of nitrogens with zero attached hydrogens (tertiary/aromatic N) is 4. The van der Waals surface area contributed by atoms with Gasteiger partial charge in [0, 0.05) is 30.7 Å². The fourth-order valence-electron chi connectivity index (χ4n) is 3.22. The van der Waals surface area contributed by atoms with Gasteiger partial charge in [0.05, 0.1) is 6.54 Å². The van der Waals surface area contributed by atoms with Crippen LogP contribution in [0.4, 0.5) is 10.8 Å². The van der Waals surface area contributed by atoms with Crippen LogP contribution in [0, 0.1) is 6.92 Å². The van der Waals surface area contributed by atoms with Crippen molar-refractivity contribution in [2.45, 2.75) is 32.7 Å². The predicted octanol–water partition coefficient (Wildman–Crippen LogP) is 4.24. The molecule has 0 atom stereocenters. The van der Waals surface area contributed by atoms with Gasteiger partial charge in [0.1, 0.15) is 0 Å². The third-order valence-corrected chi connectivity index (χ3v) is 5.66. The molecule has 1 aliphatic rings. The summed E-state index contributed by atoms with van der Waals surface area (Å²) < 4.78 is 2.14. The lowest BCUT2D eigenvalue weighted by Gasteiger charge is -2.25. The zero-order chi connectivity index (χ0) is 17.1. The third-order valence-electron chi connectivity index (χ3n) is 4.67. The Bertz CT molecular complexity index is 832. The number of aryl methyl sites for hydroxylation is 1. The first-order valence-electron chi connectivity index (χ1n) is 8.86. The van der Waals surface area contributed by atoms with Crippen molar-refractivity contribution >= 4 is 22.2 Å². The van der Waals surface area contributed by atoms with Gasteiger partial charge in [0.25, 0.3) is 0 Å². The Balaban J connectivity index is 1.50. The van der Waals surface area contributed by atoms with E-state index >= 15 is 0 Å². The molecule has 4 rings (SSSR count). The molecular weight excluding hydrogens is 330 g/mol. The molecule has 130 valence electrons. The Morgan fingerprint density at radius 3 is 2.64 bits per heavy atom. The Morgan fingerprint density at radius 1 is 1.00 bits per heavy atom. The summed E-state index contributed by atoms with van der Waals surface area (Å²) in [5.74, 6) is 0. The average molecular weight is 353 g/mol. The molecule has 1 saturated heterocycles. The highest BCUT2D eigenvalue weighted by Crippen LogP contribution is 2.27. The summed E-state index contributed by atoms with van der Waals surface area (Å²) >= 11 is 1.68. The van der Waals surface area contributed by atoms with Crippen molar-refractivity contribution < 1.29 is 0 Å². The molecule has 25 heavy (non-hydrogen) atoms. The van der Waals surface area contributed by atoms with Crippen molar-refractivity contribution in [2.75, 3.05) is 23.3 Å². The highest BCUT2D eigenvalue weighted by atomic mass is 32.1. The van der Waals surface area contributed by atoms with Crippen LogP contribution >= 0.6 is 11.3 Å². The minimum Gasteiger partial charge on any atom is -0.379 e. The summed E-state index contributed by atoms with van der Waals surface area (Å²) in [5, 5.41) is 14.4. The normalized spacial score (nSPS) is 14.7. The monoisotopic (exact) mass is 353 g/mol. The van der Waals surface area contributed by atoms with E-state index in [1.165, 1.54) is 36.2 Å². The number of nitrogens with one attached hydrogen (secondary N) is 1. The first-order chi connectivity index (χ1) is 12.3. The van der Waals surface area contributed by atoms with Crippen molar-refractivity contribution in [3.05, 3.63) is 53.9 Å². The van der Waals surface area contributed by atoms with Crippen molar-refractivity contribution in [3.63, 3.8) is 0 Å². The van der Waals surface area contributed by atoms with E-state index in [9.17, 15) is 0 Å². The van der Waals surface area contributed by atoms with E-state index in [0.717, 1.165) is 29.9 Å². The minimum atomic E-state index is 0.760. The maximum Gasteiger partial charge on any atom is 0.218 e. The zero-order valence-corrected chi connectivity index (χ0v) is 15.3. The molecule has 6 heteroatoms. The number of hydrogen-bond acceptors (Lipinski definition) is 5. The van der Waals surface area contributed by atoms with E-state index in [0.29, 0.717) is 0 Å². The van der Waals surface area contributed by atoms with Gasteiger partial charge in [-0.15, -0.1) is 10.2 Å². The molecule has 0 aliphatic carbocycles. The van der Waals surface area contributed by atoms with Crippen LogP contribution in [-0.2, 0) is 6.54 Å². The van der Waals surface area contributed by atoms with Crippen LogP contribution in [0.15, 0.2) is 42.6 Å². The van der Waals surface area contributed by atoms with Crippen molar-refractivity contribution in [1.29, 1.82) is 0 Å². The standard InChI is InChI=1S/C19H23N5S/c1-15-8-3-4-10-17(15)20-14-16-9-7-13-24(16)19-22-21-18(25-19)23-11-5-2-6-12-23/h3-4,7-10,13,20H,2,5-6,11-12,14H2,1H3. The highest BCUT2D eigenvalue weighted by molar-refractivity contribution is 7.17. The number of piperidine rings is 1. The molecule has 0 saturated carbocycles. The summed E-state index contributed by atoms with van der Waals surface area (Å²) in [6.07, 6.45) is 5.90. The molecule has 3 heterocycles. The van der Waals surface area contributed by atoms with Crippen LogP contribution in [0.25, 0.3) is 5.13 Å². The molecular formula is C19H23N5S. The molecule has 1 aromatic carbocycles. The second-order valence-corrected chi connectivity index (χ2v) is 7.39. The number of aromatic nitrogens is 3. The summed E-state index contributed by atoms with van der Waals surface area (Å²) in [7, 11) is 0. The fraction of sp³-hybridized carbons (Fsp3) is 0.368. The van der Waals surface area contributed by atoms with Crippen LogP contribution in [0.5, 0.6) is 0 Å². The minimum absolute atomic E-state index is 0.760. The van der Waals surface area contributed by atoms with Gasteiger partial charge in [-0.25, -0.2) is 0 Å². The second-order valence-electron chi connectivity index (χ2n) is 6.45. The maximum absolute atomic E-state index is 4.43. The fourth-order valence-corrected chi connectivity index (χ4v) is 4.14. The molecule has 0 bridgehead atoms. The largest absolute Gasteiger partial charge is 0.379 e. The number of anilines is 2. The third kappa shape index (κ3) is 3.54. The average Bonchev–Trinajstić information content (AvgIpc) is 3.31. The second kappa shape index (κ2) is 7.27. The van der Waals surface area contributed by atoms with Crippen molar-refractivity contribution in [1.82, 2.24) is 14.8 Å². The molecule has 0 unspecified atom stereocenters. The summed E-state index contributed by atoms with van der Waals surface area (Å²) in [5.41, 5.74) is 3.61. The van der Waals surface area contributed by atoms with Gasteiger partial charge in [0.2, 0.25) is 10.3 Å². The van der Waals surface area contributed by atoms with Gasteiger partial charge in [-0.1, -0.05) is 29.5 Å². The number of hydrogen-bond donors (Lipinski definition) is 1. The zero-order valence-electron chi connectivity index (χ0n) is 14.5. The summed E-state index contributed by atoms with van der Waals surface area (Å²) in [6, 6.07) is 12.6. The molecule has 3 aromatic rings. The predicted molar refractivity (Wildman–Crippen MR) is 104 cm³/mol. The smallest absolute Gasteiger partial charge is 0.218 e. The number of para-hydroxylation sites is 1. The molecule has 1 fully saturated rings. The first-order valence-corrected chi connectivity index (χ1v) is 9.67. The lowest BCUT2D eigenvalue weighted by molar-refractivity contribution is 0.575. The maximum atomic E-state index is 4.43. The topological polar surface area (TPSA) is 46.0 Å². The van der Waals surface area contributed by atoms with Crippen LogP contribution in [0.1, 0.15) is 30.5 Å². The molecule has 1 N–H and O–H groups in total. The lowest BCUT2D eigenvalue weighted by atomic mass is 10.1. The van der Waals surface area contributed by atoms with Gasteiger partial charge in [-0.3, -0.25) is 4.57 Å². The van der Waals surface area contributed by atoms with E-state index < -0.39 is 0 Å². The van der Waals surface area contributed by atoms with E-state index in [1.807, 2.05) is 0 Å². The van der Waals surface area contributed by atoms with Crippen LogP contribution in [0.3, 0.4) is 0 Å². The van der Waals surface area contributed by atoms with E-state index in [-0.39, 0.29) is 0 Å². The number of benzene rings is 1. The molecule has 0 radical (unpaired) electrons. The molecule has 5 nitrogen and oxygen atoms in total. The van der Waals surface area contributed by atoms with E-state index in [2.05, 4.69) is 74.5 Å². The van der Waals surface area contributed by atoms with Gasteiger partial charge in [-0.2, -0.15) is 0 Å². The van der Waals surface area contributed by atoms with Crippen LogP contribution in [-0.4, -0.2) is 27.9 Å². The highest BCUT2D eigenvalue weighted by Gasteiger charge is 2.17. The van der Waals surface area contributed by atoms with Crippen molar-refractivity contribution in [3.8, 4) is 5.13 Å². The lowest BCUT2D eigenvalue weighted by Crippen LogP contribution is -2.29.